The summed E-state index contributed by atoms with van der Waals surface area (Å²) in [5.74, 6) is -0.243. The summed E-state index contributed by atoms with van der Waals surface area (Å²) in [5.41, 5.74) is 4.87. The van der Waals surface area contributed by atoms with E-state index in [1.54, 1.807) is 0 Å². The lowest BCUT2D eigenvalue weighted by Crippen LogP contribution is -2.05. The van der Waals surface area contributed by atoms with E-state index in [1.807, 2.05) is 18.2 Å². The first-order chi connectivity index (χ1) is 13.2. The lowest BCUT2D eigenvalue weighted by Gasteiger charge is -2.09. The number of ether oxygens (including phenoxy) is 1. The van der Waals surface area contributed by atoms with Gasteiger partial charge in [-0.15, -0.1) is 0 Å². The molecule has 0 heterocycles. The molecule has 0 N–H and O–H groups in total. The monoisotopic (exact) mass is 364 g/mol. The Bertz CT molecular complexity index is 699. The van der Waals surface area contributed by atoms with Gasteiger partial charge in [0.05, 0.1) is 0 Å². The minimum absolute atomic E-state index is 0.243. The predicted octanol–water partition coefficient (Wildman–Crippen LogP) is 6.39. The van der Waals surface area contributed by atoms with E-state index in [4.69, 9.17) is 4.74 Å². The van der Waals surface area contributed by atoms with Crippen LogP contribution in [0.1, 0.15) is 62.6 Å². The molecule has 0 saturated heterocycles. The second-order valence-electron chi connectivity index (χ2n) is 7.15. The molecule has 0 saturated carbocycles. The highest BCUT2D eigenvalue weighted by molar-refractivity contribution is 5.66. The molecule has 2 heteroatoms. The highest BCUT2D eigenvalue weighted by Gasteiger charge is 2.04. The van der Waals surface area contributed by atoms with Crippen molar-refractivity contribution < 1.29 is 9.53 Å². The topological polar surface area (TPSA) is 26.3 Å². The Hall–Kier alpha value is -2.35. The molecule has 0 aliphatic rings. The normalized spacial score (nSPS) is 11.4. The highest BCUT2D eigenvalue weighted by atomic mass is 16.5. The van der Waals surface area contributed by atoms with Gasteiger partial charge in [-0.3, -0.25) is 4.79 Å². The summed E-state index contributed by atoms with van der Waals surface area (Å²) < 4.78 is 5.25. The van der Waals surface area contributed by atoms with Crippen LogP contribution in [0.15, 0.2) is 60.2 Å². The molecule has 0 spiro atoms. The molecule has 0 radical (unpaired) electrons. The van der Waals surface area contributed by atoms with Crippen molar-refractivity contribution in [1.82, 2.24) is 0 Å². The number of benzene rings is 2. The van der Waals surface area contributed by atoms with Crippen LogP contribution in [-0.4, -0.2) is 12.6 Å². The lowest BCUT2D eigenvalue weighted by molar-refractivity contribution is -0.139. The van der Waals surface area contributed by atoms with Crippen LogP contribution in [0, 0.1) is 0 Å². The molecule has 2 aromatic carbocycles. The number of esters is 1. The zero-order valence-corrected chi connectivity index (χ0v) is 16.7. The zero-order valence-electron chi connectivity index (χ0n) is 16.7. The minimum atomic E-state index is -0.243. The fourth-order valence-electron chi connectivity index (χ4n) is 3.15. The van der Waals surface area contributed by atoms with E-state index >= 15 is 0 Å². The molecule has 2 rings (SSSR count). The Morgan fingerprint density at radius 3 is 2.26 bits per heavy atom. The summed E-state index contributed by atoms with van der Waals surface area (Å²) >= 11 is 0. The summed E-state index contributed by atoms with van der Waals surface area (Å²) in [4.78, 5) is 11.2. The van der Waals surface area contributed by atoms with E-state index in [9.17, 15) is 4.79 Å². The Labute approximate surface area is 164 Å². The van der Waals surface area contributed by atoms with Crippen LogP contribution >= 0.6 is 0 Å². The Balaban J connectivity index is 1.98. The number of aryl methyl sites for hydroxylation is 1. The Morgan fingerprint density at radius 2 is 1.59 bits per heavy atom. The standard InChI is InChI=1S/C25H32O2/c1-3-4-5-6-8-11-22-14-16-24(17-15-22)19-25(20-27-21(2)26)18-23-12-9-7-10-13-23/h7,9-10,12-17,19H,3-6,8,11,18,20H2,1-2H3/b25-19-. The third kappa shape index (κ3) is 8.72. The lowest BCUT2D eigenvalue weighted by atomic mass is 10.0. The van der Waals surface area contributed by atoms with E-state index < -0.39 is 0 Å². The molecule has 0 bridgehead atoms. The first kappa shape index (κ1) is 21.0. The van der Waals surface area contributed by atoms with Crippen molar-refractivity contribution in [2.45, 2.75) is 58.8 Å². The quantitative estimate of drug-likeness (QED) is 0.341. The maximum atomic E-state index is 11.2. The molecular formula is C25H32O2. The van der Waals surface area contributed by atoms with Crippen molar-refractivity contribution in [3.63, 3.8) is 0 Å². The third-order valence-corrected chi connectivity index (χ3v) is 4.65. The molecule has 0 atom stereocenters. The van der Waals surface area contributed by atoms with Gasteiger partial charge in [-0.05, 0) is 41.5 Å². The van der Waals surface area contributed by atoms with Gasteiger partial charge in [0.2, 0.25) is 0 Å². The first-order valence-corrected chi connectivity index (χ1v) is 10.1. The molecule has 2 aromatic rings. The summed E-state index contributed by atoms with van der Waals surface area (Å²) in [6.07, 6.45) is 10.6. The molecule has 0 aliphatic heterocycles. The van der Waals surface area contributed by atoms with Crippen LogP contribution in [0.4, 0.5) is 0 Å². The predicted molar refractivity (Wildman–Crippen MR) is 114 cm³/mol. The average molecular weight is 365 g/mol. The van der Waals surface area contributed by atoms with Crippen molar-refractivity contribution in [2.75, 3.05) is 6.61 Å². The van der Waals surface area contributed by atoms with Crippen LogP contribution < -0.4 is 0 Å². The fourth-order valence-corrected chi connectivity index (χ4v) is 3.15. The smallest absolute Gasteiger partial charge is 0.302 e. The number of rotatable bonds is 11. The van der Waals surface area contributed by atoms with Crippen molar-refractivity contribution in [3.8, 4) is 0 Å². The van der Waals surface area contributed by atoms with Crippen molar-refractivity contribution >= 4 is 12.0 Å². The van der Waals surface area contributed by atoms with Crippen molar-refractivity contribution in [1.29, 1.82) is 0 Å². The molecule has 0 amide bonds. The summed E-state index contributed by atoms with van der Waals surface area (Å²) in [7, 11) is 0. The molecule has 0 aliphatic carbocycles. The SMILES string of the molecule is CCCCCCCc1ccc(/C=C(\COC(C)=O)Cc2ccccc2)cc1. The molecular weight excluding hydrogens is 332 g/mol. The Kier molecular flexibility index (Phi) is 9.40. The van der Waals surface area contributed by atoms with Gasteiger partial charge in [0.15, 0.2) is 0 Å². The highest BCUT2D eigenvalue weighted by Crippen LogP contribution is 2.16. The van der Waals surface area contributed by atoms with Crippen molar-refractivity contribution in [3.05, 3.63) is 76.9 Å². The summed E-state index contributed by atoms with van der Waals surface area (Å²) in [6, 6.07) is 19.1. The van der Waals surface area contributed by atoms with Crippen LogP contribution in [0.2, 0.25) is 0 Å². The van der Waals surface area contributed by atoms with E-state index in [1.165, 1.54) is 50.2 Å². The zero-order chi connectivity index (χ0) is 19.3. The molecule has 2 nitrogen and oxygen atoms in total. The van der Waals surface area contributed by atoms with Gasteiger partial charge in [-0.2, -0.15) is 0 Å². The van der Waals surface area contributed by atoms with E-state index in [0.29, 0.717) is 6.61 Å². The second kappa shape index (κ2) is 12.1. The van der Waals surface area contributed by atoms with Gasteiger partial charge >= 0.3 is 5.97 Å². The largest absolute Gasteiger partial charge is 0.461 e. The Morgan fingerprint density at radius 1 is 0.889 bits per heavy atom. The van der Waals surface area contributed by atoms with E-state index in [-0.39, 0.29) is 5.97 Å². The van der Waals surface area contributed by atoms with Gasteiger partial charge in [0, 0.05) is 6.92 Å². The van der Waals surface area contributed by atoms with Gasteiger partial charge in [0.1, 0.15) is 6.61 Å². The maximum absolute atomic E-state index is 11.2. The number of carbonyl (C=O) groups excluding carboxylic acids is 1. The van der Waals surface area contributed by atoms with Crippen molar-refractivity contribution in [2.24, 2.45) is 0 Å². The molecule has 0 aromatic heterocycles. The van der Waals surface area contributed by atoms with Crippen LogP contribution in [-0.2, 0) is 22.4 Å². The van der Waals surface area contributed by atoms with E-state index in [2.05, 4.69) is 49.4 Å². The van der Waals surface area contributed by atoms with Gasteiger partial charge in [-0.25, -0.2) is 0 Å². The number of unbranched alkanes of at least 4 members (excludes halogenated alkanes) is 4. The van der Waals surface area contributed by atoms with Gasteiger partial charge in [-0.1, -0.05) is 93.3 Å². The third-order valence-electron chi connectivity index (χ3n) is 4.65. The molecule has 0 fully saturated rings. The minimum Gasteiger partial charge on any atom is -0.461 e. The molecule has 0 unspecified atom stereocenters. The van der Waals surface area contributed by atoms with Gasteiger partial charge < -0.3 is 4.74 Å². The number of carbonyl (C=O) groups is 1. The average Bonchev–Trinajstić information content (AvgIpc) is 2.68. The molecule has 144 valence electrons. The maximum Gasteiger partial charge on any atom is 0.302 e. The van der Waals surface area contributed by atoms with Crippen LogP contribution in [0.25, 0.3) is 6.08 Å². The summed E-state index contributed by atoms with van der Waals surface area (Å²) in [6.45, 7) is 4.04. The fraction of sp³-hybridized carbons (Fsp3) is 0.400. The van der Waals surface area contributed by atoms with Gasteiger partial charge in [0.25, 0.3) is 0 Å². The van der Waals surface area contributed by atoms with Crippen LogP contribution in [0.3, 0.4) is 0 Å². The first-order valence-electron chi connectivity index (χ1n) is 10.1. The van der Waals surface area contributed by atoms with E-state index in [0.717, 1.165) is 24.0 Å². The number of hydrogen-bond acceptors (Lipinski definition) is 2. The summed E-state index contributed by atoms with van der Waals surface area (Å²) in [5, 5.41) is 0. The molecule has 27 heavy (non-hydrogen) atoms. The second-order valence-corrected chi connectivity index (χ2v) is 7.15. The number of hydrogen-bond donors (Lipinski definition) is 0. The van der Waals surface area contributed by atoms with Crippen LogP contribution in [0.5, 0.6) is 0 Å².